The molecule has 2 aromatic rings. The number of carbonyl (C=O) groups is 2. The molecule has 3 rings (SSSR count). The maximum Gasteiger partial charge on any atom is 0.308 e. The number of ether oxygens (including phenoxy) is 2. The molecule has 0 saturated heterocycles. The van der Waals surface area contributed by atoms with Crippen molar-refractivity contribution in [3.8, 4) is 11.5 Å². The van der Waals surface area contributed by atoms with Gasteiger partial charge in [0.25, 0.3) is 0 Å². The molecular weight excluding hydrogens is 416 g/mol. The van der Waals surface area contributed by atoms with Crippen LogP contribution in [0.2, 0.25) is 19.1 Å². The number of benzene rings is 2. The van der Waals surface area contributed by atoms with E-state index in [0.717, 1.165) is 41.1 Å². The lowest BCUT2D eigenvalue weighted by atomic mass is 9.75. The van der Waals surface area contributed by atoms with Crippen molar-refractivity contribution in [1.82, 2.24) is 0 Å². The fourth-order valence-electron chi connectivity index (χ4n) is 5.22. The van der Waals surface area contributed by atoms with Gasteiger partial charge >= 0.3 is 11.9 Å². The van der Waals surface area contributed by atoms with E-state index in [1.165, 1.54) is 25.5 Å². The molecule has 1 aliphatic carbocycles. The van der Waals surface area contributed by atoms with Gasteiger partial charge in [-0.25, -0.2) is 0 Å². The zero-order valence-corrected chi connectivity index (χ0v) is 21.5. The van der Waals surface area contributed by atoms with Gasteiger partial charge in [0.1, 0.15) is 11.5 Å². The highest BCUT2D eigenvalue weighted by atomic mass is 28.3. The number of hydrogen-bond acceptors (Lipinski definition) is 4. The first-order chi connectivity index (χ1) is 15.0. The Morgan fingerprint density at radius 2 is 1.41 bits per heavy atom. The highest BCUT2D eigenvalue weighted by Gasteiger charge is 2.36. The number of rotatable bonds is 6. The fraction of sp³-hybridized carbons (Fsp3) is 0.481. The summed E-state index contributed by atoms with van der Waals surface area (Å²) < 4.78 is 11.4. The van der Waals surface area contributed by atoms with Crippen molar-refractivity contribution in [3.05, 3.63) is 58.1 Å². The smallest absolute Gasteiger partial charge is 0.308 e. The lowest BCUT2D eigenvalue weighted by molar-refractivity contribution is -0.133. The SMILES string of the molecule is CC(=O)Oc1c(C)c(C)c(OC(C)=O)c2c1C[C@@H](C[Si](C)(C)Cc1ccccc1)[C@H](C)C2. The van der Waals surface area contributed by atoms with Crippen molar-refractivity contribution in [2.24, 2.45) is 11.8 Å². The van der Waals surface area contributed by atoms with Gasteiger partial charge in [-0.15, -0.1) is 0 Å². The third-order valence-electron chi connectivity index (χ3n) is 6.79. The van der Waals surface area contributed by atoms with E-state index in [0.29, 0.717) is 23.3 Å². The molecule has 5 heteroatoms. The predicted octanol–water partition coefficient (Wildman–Crippen LogP) is 6.00. The Balaban J connectivity index is 1.97. The molecule has 0 aromatic heterocycles. The van der Waals surface area contributed by atoms with Crippen LogP contribution >= 0.6 is 0 Å². The van der Waals surface area contributed by atoms with Crippen LogP contribution < -0.4 is 9.47 Å². The molecule has 0 bridgehead atoms. The molecule has 0 amide bonds. The van der Waals surface area contributed by atoms with E-state index >= 15 is 0 Å². The van der Waals surface area contributed by atoms with Gasteiger partial charge in [0.15, 0.2) is 0 Å². The quantitative estimate of drug-likeness (QED) is 0.307. The average Bonchev–Trinajstić information content (AvgIpc) is 2.69. The van der Waals surface area contributed by atoms with Crippen molar-refractivity contribution < 1.29 is 19.1 Å². The minimum Gasteiger partial charge on any atom is -0.426 e. The van der Waals surface area contributed by atoms with Crippen LogP contribution in [0.4, 0.5) is 0 Å². The van der Waals surface area contributed by atoms with E-state index in [9.17, 15) is 9.59 Å². The van der Waals surface area contributed by atoms with Gasteiger partial charge in [-0.3, -0.25) is 9.59 Å². The molecule has 0 heterocycles. The molecule has 4 nitrogen and oxygen atoms in total. The molecule has 0 unspecified atom stereocenters. The van der Waals surface area contributed by atoms with Gasteiger partial charge in [-0.1, -0.05) is 62.0 Å². The molecule has 0 radical (unpaired) electrons. The Kier molecular flexibility index (Phi) is 7.28. The zero-order valence-electron chi connectivity index (χ0n) is 20.5. The Morgan fingerprint density at radius 3 is 1.91 bits per heavy atom. The Labute approximate surface area is 193 Å². The Morgan fingerprint density at radius 1 is 0.906 bits per heavy atom. The summed E-state index contributed by atoms with van der Waals surface area (Å²) in [6.45, 7) is 14.0. The van der Waals surface area contributed by atoms with Crippen LogP contribution in [-0.4, -0.2) is 20.0 Å². The van der Waals surface area contributed by atoms with E-state index in [-0.39, 0.29) is 11.9 Å². The Bertz CT molecular complexity index is 1010. The highest BCUT2D eigenvalue weighted by molar-refractivity contribution is 6.76. The highest BCUT2D eigenvalue weighted by Crippen LogP contribution is 2.46. The van der Waals surface area contributed by atoms with Crippen LogP contribution in [0, 0.1) is 25.7 Å². The summed E-state index contributed by atoms with van der Waals surface area (Å²) in [6.07, 6.45) is 1.67. The molecule has 2 atom stereocenters. The van der Waals surface area contributed by atoms with Crippen molar-refractivity contribution >= 4 is 20.0 Å². The van der Waals surface area contributed by atoms with E-state index < -0.39 is 8.07 Å². The molecule has 0 spiro atoms. The maximum atomic E-state index is 11.9. The van der Waals surface area contributed by atoms with E-state index in [4.69, 9.17) is 9.47 Å². The van der Waals surface area contributed by atoms with Gasteiger partial charge in [-0.05, 0) is 55.7 Å². The summed E-state index contributed by atoms with van der Waals surface area (Å²) in [5, 5.41) is 0. The maximum absolute atomic E-state index is 11.9. The standard InChI is InChI=1S/C27H36O4Si/c1-17-13-24-25(14-23(17)16-32(6,7)15-22-11-9-8-10-12-22)27(31-21(5)29)19(3)18(2)26(24)30-20(4)28/h8-12,17,23H,13-16H2,1-7H3/t17-,23+/m1/s1. The van der Waals surface area contributed by atoms with Crippen LogP contribution in [0.15, 0.2) is 30.3 Å². The molecular formula is C27H36O4Si. The third kappa shape index (κ3) is 5.50. The fourth-order valence-corrected chi connectivity index (χ4v) is 8.67. The molecule has 0 saturated carbocycles. The van der Waals surface area contributed by atoms with Crippen molar-refractivity contribution in [2.45, 2.75) is 72.6 Å². The summed E-state index contributed by atoms with van der Waals surface area (Å²) in [5.74, 6) is 1.67. The first kappa shape index (κ1) is 24.2. The van der Waals surface area contributed by atoms with Gasteiger partial charge in [0, 0.05) is 25.0 Å². The molecule has 0 N–H and O–H groups in total. The van der Waals surface area contributed by atoms with Crippen LogP contribution in [-0.2, 0) is 28.5 Å². The number of esters is 2. The van der Waals surface area contributed by atoms with E-state index in [1.54, 1.807) is 0 Å². The first-order valence-electron chi connectivity index (χ1n) is 11.5. The molecule has 1 aliphatic rings. The van der Waals surface area contributed by atoms with Crippen LogP contribution in [0.3, 0.4) is 0 Å². The second-order valence-electron chi connectivity index (χ2n) is 10.2. The molecule has 0 aliphatic heterocycles. The summed E-state index contributed by atoms with van der Waals surface area (Å²) in [7, 11) is -1.50. The van der Waals surface area contributed by atoms with Crippen molar-refractivity contribution in [3.63, 3.8) is 0 Å². The molecule has 172 valence electrons. The largest absolute Gasteiger partial charge is 0.426 e. The summed E-state index contributed by atoms with van der Waals surface area (Å²) in [6, 6.07) is 13.1. The van der Waals surface area contributed by atoms with E-state index in [2.05, 4.69) is 50.3 Å². The number of hydrogen-bond donors (Lipinski definition) is 0. The second kappa shape index (κ2) is 9.61. The number of carbonyl (C=O) groups excluding carboxylic acids is 2. The van der Waals surface area contributed by atoms with E-state index in [1.807, 2.05) is 13.8 Å². The summed E-state index contributed by atoms with van der Waals surface area (Å²) in [5.41, 5.74) is 5.25. The average molecular weight is 453 g/mol. The van der Waals surface area contributed by atoms with Crippen LogP contribution in [0.25, 0.3) is 0 Å². The normalized spacial score (nSPS) is 18.1. The van der Waals surface area contributed by atoms with Crippen molar-refractivity contribution in [2.75, 3.05) is 0 Å². The zero-order chi connectivity index (χ0) is 23.6. The Hall–Kier alpha value is -2.40. The van der Waals surface area contributed by atoms with Crippen molar-refractivity contribution in [1.29, 1.82) is 0 Å². The monoisotopic (exact) mass is 452 g/mol. The second-order valence-corrected chi connectivity index (χ2v) is 15.3. The minimum absolute atomic E-state index is 0.316. The molecule has 2 aromatic carbocycles. The topological polar surface area (TPSA) is 52.6 Å². The van der Waals surface area contributed by atoms with Gasteiger partial charge in [0.2, 0.25) is 0 Å². The van der Waals surface area contributed by atoms with Gasteiger partial charge in [0.05, 0.1) is 8.07 Å². The first-order valence-corrected chi connectivity index (χ1v) is 15.0. The van der Waals surface area contributed by atoms with Gasteiger partial charge < -0.3 is 9.47 Å². The van der Waals surface area contributed by atoms with Crippen LogP contribution in [0.1, 0.15) is 48.6 Å². The molecule has 32 heavy (non-hydrogen) atoms. The lowest BCUT2D eigenvalue weighted by Crippen LogP contribution is -2.37. The lowest BCUT2D eigenvalue weighted by Gasteiger charge is -2.37. The molecule has 0 fully saturated rings. The number of fused-ring (bicyclic) bond motifs is 1. The minimum atomic E-state index is -1.50. The summed E-state index contributed by atoms with van der Waals surface area (Å²) >= 11 is 0. The van der Waals surface area contributed by atoms with Crippen LogP contribution in [0.5, 0.6) is 11.5 Å². The van der Waals surface area contributed by atoms with Gasteiger partial charge in [-0.2, -0.15) is 0 Å². The predicted molar refractivity (Wildman–Crippen MR) is 131 cm³/mol. The third-order valence-corrected chi connectivity index (χ3v) is 9.78. The summed E-state index contributed by atoms with van der Waals surface area (Å²) in [4.78, 5) is 23.7.